The number of methoxy groups -OCH3 is 1. The zero-order chi connectivity index (χ0) is 23.4. The molecule has 6 nitrogen and oxygen atoms in total. The number of hydrogen-bond donors (Lipinski definition) is 0. The zero-order valence-corrected chi connectivity index (χ0v) is 20.6. The maximum absolute atomic E-state index is 13.0. The van der Waals surface area contributed by atoms with Crippen molar-refractivity contribution in [2.24, 2.45) is 5.41 Å². The number of carbonyl (C=O) groups is 1. The smallest absolute Gasteiger partial charge is 0.411 e. The second kappa shape index (κ2) is 9.96. The number of amides is 1. The van der Waals surface area contributed by atoms with Crippen molar-refractivity contribution in [2.75, 3.05) is 13.7 Å². The first-order valence-corrected chi connectivity index (χ1v) is 10.9. The lowest BCUT2D eigenvalue weighted by atomic mass is 9.77. The predicted molar refractivity (Wildman–Crippen MR) is 129 cm³/mol. The van der Waals surface area contributed by atoms with Crippen molar-refractivity contribution >= 4 is 40.8 Å². The van der Waals surface area contributed by atoms with Crippen molar-refractivity contribution in [3.63, 3.8) is 0 Å². The van der Waals surface area contributed by atoms with Crippen LogP contribution in [0.15, 0.2) is 36.9 Å². The average molecular weight is 466 g/mol. The fourth-order valence-corrected chi connectivity index (χ4v) is 4.21. The summed E-state index contributed by atoms with van der Waals surface area (Å²) in [6.45, 7) is 13.5. The molecule has 0 aromatic heterocycles. The number of ether oxygens (including phenoxy) is 4. The lowest BCUT2D eigenvalue weighted by Crippen LogP contribution is -2.49. The van der Waals surface area contributed by atoms with Gasteiger partial charge in [-0.05, 0) is 58.5 Å². The van der Waals surface area contributed by atoms with E-state index in [0.29, 0.717) is 12.2 Å². The Bertz CT molecular complexity index is 833. The third kappa shape index (κ3) is 6.17. The Morgan fingerprint density at radius 1 is 1.29 bits per heavy atom. The minimum Gasteiger partial charge on any atom is -0.488 e. The molecule has 1 saturated heterocycles. The van der Waals surface area contributed by atoms with Crippen LogP contribution in [0.1, 0.15) is 39.7 Å². The number of aryl methyl sites for hydroxylation is 1. The van der Waals surface area contributed by atoms with E-state index in [4.69, 9.17) is 43.4 Å². The molecule has 0 N–H and O–H groups in total. The Morgan fingerprint density at radius 2 is 1.90 bits per heavy atom. The van der Waals surface area contributed by atoms with E-state index in [1.807, 2.05) is 58.9 Å². The fourth-order valence-electron chi connectivity index (χ4n) is 3.60. The number of hydrogen-bond acceptors (Lipinski definition) is 7. The molecule has 1 fully saturated rings. The third-order valence-corrected chi connectivity index (χ3v) is 5.70. The summed E-state index contributed by atoms with van der Waals surface area (Å²) in [5.41, 5.74) is -0.196. The van der Waals surface area contributed by atoms with E-state index in [0.717, 1.165) is 5.56 Å². The molecule has 170 valence electrons. The van der Waals surface area contributed by atoms with Crippen LogP contribution in [0.4, 0.5) is 4.79 Å². The van der Waals surface area contributed by atoms with Crippen LogP contribution in [0.2, 0.25) is 0 Å². The highest BCUT2D eigenvalue weighted by molar-refractivity contribution is 7.80. The van der Waals surface area contributed by atoms with Gasteiger partial charge >= 0.3 is 11.3 Å². The Balaban J connectivity index is 2.30. The molecule has 0 aliphatic carbocycles. The molecule has 31 heavy (non-hydrogen) atoms. The molecular weight excluding hydrogens is 434 g/mol. The molecule has 1 amide bonds. The van der Waals surface area contributed by atoms with Crippen molar-refractivity contribution in [1.29, 1.82) is 0 Å². The Labute approximate surface area is 195 Å². The van der Waals surface area contributed by atoms with Gasteiger partial charge in [-0.2, -0.15) is 0 Å². The molecule has 1 aliphatic rings. The highest BCUT2D eigenvalue weighted by atomic mass is 32.1. The second-order valence-electron chi connectivity index (χ2n) is 8.83. The molecular formula is C23H31NO5S2. The van der Waals surface area contributed by atoms with Gasteiger partial charge in [0.05, 0.1) is 13.7 Å². The number of benzene rings is 1. The summed E-state index contributed by atoms with van der Waals surface area (Å²) in [5, 5.41) is 0.240. The molecule has 1 aliphatic heterocycles. The van der Waals surface area contributed by atoms with Gasteiger partial charge in [-0.25, -0.2) is 4.79 Å². The first-order chi connectivity index (χ1) is 14.4. The molecule has 0 saturated carbocycles. The average Bonchev–Trinajstić information content (AvgIpc) is 2.94. The molecule has 0 radical (unpaired) electrons. The van der Waals surface area contributed by atoms with Crippen LogP contribution in [0.5, 0.6) is 5.75 Å². The Hall–Kier alpha value is -2.19. The van der Waals surface area contributed by atoms with E-state index in [1.54, 1.807) is 11.0 Å². The summed E-state index contributed by atoms with van der Waals surface area (Å²) in [6.07, 6.45) is 1.28. The Kier molecular flexibility index (Phi) is 8.05. The summed E-state index contributed by atoms with van der Waals surface area (Å²) >= 11 is 10.8. The minimum absolute atomic E-state index is 0.0303. The van der Waals surface area contributed by atoms with Gasteiger partial charge in [0.1, 0.15) is 23.5 Å². The van der Waals surface area contributed by atoms with Gasteiger partial charge in [0.15, 0.2) is 5.05 Å². The van der Waals surface area contributed by atoms with Crippen molar-refractivity contribution in [3.8, 4) is 5.75 Å². The van der Waals surface area contributed by atoms with E-state index in [2.05, 4.69) is 6.58 Å². The van der Waals surface area contributed by atoms with Crippen LogP contribution >= 0.6 is 24.4 Å². The monoisotopic (exact) mass is 465 g/mol. The van der Waals surface area contributed by atoms with Gasteiger partial charge in [0.2, 0.25) is 0 Å². The quantitative estimate of drug-likeness (QED) is 0.436. The number of rotatable bonds is 5. The van der Waals surface area contributed by atoms with Crippen molar-refractivity contribution in [2.45, 2.75) is 58.8 Å². The van der Waals surface area contributed by atoms with Gasteiger partial charge in [0, 0.05) is 17.6 Å². The van der Waals surface area contributed by atoms with Gasteiger partial charge < -0.3 is 18.9 Å². The SMILES string of the molecule is C=CC[C@]1(C)[C@H](OC(=S)Oc2ccc(C)cc2)CN(C(=O)OC(C)(C)C)[C@@H]1C(=S)OC. The fraction of sp³-hybridized carbons (Fsp3) is 0.522. The minimum atomic E-state index is -0.659. The summed E-state index contributed by atoms with van der Waals surface area (Å²) in [6, 6.07) is 6.92. The number of thiocarbonyl (C=S) groups is 2. The van der Waals surface area contributed by atoms with E-state index in [-0.39, 0.29) is 16.8 Å². The molecule has 3 atom stereocenters. The zero-order valence-electron chi connectivity index (χ0n) is 19.0. The van der Waals surface area contributed by atoms with Crippen LogP contribution in [0, 0.1) is 12.3 Å². The molecule has 1 aromatic carbocycles. The molecule has 8 heteroatoms. The van der Waals surface area contributed by atoms with Crippen LogP contribution in [-0.4, -0.2) is 52.7 Å². The van der Waals surface area contributed by atoms with Crippen LogP contribution in [0.25, 0.3) is 0 Å². The lowest BCUT2D eigenvalue weighted by molar-refractivity contribution is 0.0220. The number of allylic oxidation sites excluding steroid dienone is 1. The standard InChI is InChI=1S/C23H31NO5S2/c1-8-13-23(6)17(28-21(31)27-16-11-9-15(2)10-12-16)14-24(18(23)19(30)26-7)20(25)29-22(3,4)5/h8-12,17-18H,1,13-14H2,2-7H3/t17-,18-,23-/m1/s1. The second-order valence-corrected chi connectivity index (χ2v) is 9.56. The number of carbonyl (C=O) groups excluding carboxylic acids is 1. The van der Waals surface area contributed by atoms with Gasteiger partial charge in [-0.1, -0.05) is 30.7 Å². The third-order valence-electron chi connectivity index (χ3n) is 5.13. The molecule has 0 unspecified atom stereocenters. The first kappa shape index (κ1) is 25.1. The van der Waals surface area contributed by atoms with Crippen LogP contribution in [-0.2, 0) is 14.2 Å². The topological polar surface area (TPSA) is 57.2 Å². The van der Waals surface area contributed by atoms with Crippen LogP contribution in [0.3, 0.4) is 0 Å². The summed E-state index contributed by atoms with van der Waals surface area (Å²) in [5.74, 6) is 0.576. The maximum Gasteiger partial charge on any atom is 0.411 e. The van der Waals surface area contributed by atoms with Gasteiger partial charge in [-0.15, -0.1) is 6.58 Å². The van der Waals surface area contributed by atoms with Gasteiger partial charge in [-0.3, -0.25) is 4.90 Å². The summed E-state index contributed by atoms with van der Waals surface area (Å²) in [4.78, 5) is 14.5. The maximum atomic E-state index is 13.0. The predicted octanol–water partition coefficient (Wildman–Crippen LogP) is 5.22. The van der Waals surface area contributed by atoms with Crippen molar-refractivity contribution in [3.05, 3.63) is 42.5 Å². The highest BCUT2D eigenvalue weighted by Gasteiger charge is 2.57. The van der Waals surface area contributed by atoms with E-state index >= 15 is 0 Å². The van der Waals surface area contributed by atoms with E-state index < -0.39 is 29.3 Å². The molecule has 1 aromatic rings. The normalized spacial score (nSPS) is 23.1. The lowest BCUT2D eigenvalue weighted by Gasteiger charge is -2.36. The number of likely N-dealkylation sites (tertiary alicyclic amines) is 1. The molecule has 2 rings (SSSR count). The van der Waals surface area contributed by atoms with E-state index in [9.17, 15) is 4.79 Å². The van der Waals surface area contributed by atoms with Crippen molar-refractivity contribution in [1.82, 2.24) is 4.90 Å². The highest BCUT2D eigenvalue weighted by Crippen LogP contribution is 2.43. The molecule has 0 bridgehead atoms. The van der Waals surface area contributed by atoms with E-state index in [1.165, 1.54) is 7.11 Å². The largest absolute Gasteiger partial charge is 0.488 e. The van der Waals surface area contributed by atoms with Crippen LogP contribution < -0.4 is 4.74 Å². The molecule has 0 spiro atoms. The first-order valence-electron chi connectivity index (χ1n) is 10.0. The molecule has 1 heterocycles. The summed E-state index contributed by atoms with van der Waals surface area (Å²) in [7, 11) is 1.49. The van der Waals surface area contributed by atoms with Crippen molar-refractivity contribution < 1.29 is 23.7 Å². The number of nitrogens with zero attached hydrogens (tertiary/aromatic N) is 1. The summed E-state index contributed by atoms with van der Waals surface area (Å²) < 4.78 is 22.7. The van der Waals surface area contributed by atoms with Gasteiger partial charge in [0.25, 0.3) is 0 Å². The Morgan fingerprint density at radius 3 is 2.42 bits per heavy atom.